The minimum Gasteiger partial charge on any atom is -0.493 e. The molecular weight excluding hydrogens is 396 g/mol. The van der Waals surface area contributed by atoms with Crippen molar-refractivity contribution in [3.8, 4) is 11.5 Å². The highest BCUT2D eigenvalue weighted by Crippen LogP contribution is 2.37. The maximum Gasteiger partial charge on any atom is 0.244 e. The summed E-state index contributed by atoms with van der Waals surface area (Å²) in [5, 5.41) is 3.11. The number of nitrogens with one attached hydrogen (secondary N) is 1. The molecule has 1 aliphatic heterocycles. The molecule has 1 atom stereocenters. The maximum atomic E-state index is 12.8. The van der Waals surface area contributed by atoms with Gasteiger partial charge in [-0.15, -0.1) is 12.4 Å². The maximum absolute atomic E-state index is 12.8. The Morgan fingerprint density at radius 2 is 1.86 bits per heavy atom. The van der Waals surface area contributed by atoms with Crippen LogP contribution in [0.3, 0.4) is 0 Å². The summed E-state index contributed by atoms with van der Waals surface area (Å²) in [5.74, 6) is 0.876. The van der Waals surface area contributed by atoms with Crippen LogP contribution in [0.15, 0.2) is 21.5 Å². The molecule has 1 aromatic rings. The highest BCUT2D eigenvalue weighted by molar-refractivity contribution is 9.10. The van der Waals surface area contributed by atoms with Gasteiger partial charge in [0.25, 0.3) is 0 Å². The average Bonchev–Trinajstić information content (AvgIpc) is 2.96. The quantitative estimate of drug-likeness (QED) is 0.795. The summed E-state index contributed by atoms with van der Waals surface area (Å²) >= 11 is 3.31. The van der Waals surface area contributed by atoms with Crippen molar-refractivity contribution in [1.29, 1.82) is 0 Å². The molecule has 1 saturated heterocycles. The number of hydrogen-bond donors (Lipinski definition) is 1. The third-order valence-corrected chi connectivity index (χ3v) is 6.44. The second-order valence-corrected chi connectivity index (χ2v) is 7.54. The Bertz CT molecular complexity index is 627. The van der Waals surface area contributed by atoms with E-state index in [4.69, 9.17) is 9.47 Å². The van der Waals surface area contributed by atoms with Crippen LogP contribution in [-0.4, -0.2) is 53.1 Å². The molecule has 1 unspecified atom stereocenters. The molecule has 0 aliphatic carbocycles. The number of halogens is 2. The van der Waals surface area contributed by atoms with E-state index >= 15 is 0 Å². The van der Waals surface area contributed by atoms with Gasteiger partial charge in [0.15, 0.2) is 11.5 Å². The summed E-state index contributed by atoms with van der Waals surface area (Å²) in [4.78, 5) is 0.192. The van der Waals surface area contributed by atoms with Gasteiger partial charge in [-0.1, -0.05) is 0 Å². The van der Waals surface area contributed by atoms with Crippen molar-refractivity contribution >= 4 is 38.4 Å². The first-order valence-corrected chi connectivity index (χ1v) is 8.76. The second-order valence-electron chi connectivity index (χ2n) is 4.77. The van der Waals surface area contributed by atoms with Gasteiger partial charge in [-0.2, -0.15) is 4.31 Å². The Labute approximate surface area is 145 Å². The molecule has 1 heterocycles. The van der Waals surface area contributed by atoms with Gasteiger partial charge in [-0.05, 0) is 35.5 Å². The normalized spacial score (nSPS) is 18.8. The molecule has 9 heteroatoms. The fraction of sp³-hybridized carbons (Fsp3) is 0.538. The van der Waals surface area contributed by atoms with Crippen molar-refractivity contribution in [1.82, 2.24) is 9.62 Å². The minimum absolute atomic E-state index is 0. The molecule has 22 heavy (non-hydrogen) atoms. The van der Waals surface area contributed by atoms with Gasteiger partial charge in [0.05, 0.1) is 14.2 Å². The van der Waals surface area contributed by atoms with Crippen LogP contribution in [0.5, 0.6) is 11.5 Å². The van der Waals surface area contributed by atoms with E-state index in [0.717, 1.165) is 6.42 Å². The molecule has 0 radical (unpaired) electrons. The molecule has 126 valence electrons. The molecule has 0 aromatic heterocycles. The first kappa shape index (κ1) is 19.5. The van der Waals surface area contributed by atoms with Crippen LogP contribution in [0, 0.1) is 0 Å². The van der Waals surface area contributed by atoms with Crippen molar-refractivity contribution in [2.75, 3.05) is 34.4 Å². The zero-order chi connectivity index (χ0) is 15.6. The van der Waals surface area contributed by atoms with Crippen molar-refractivity contribution in [2.45, 2.75) is 17.4 Å². The first-order chi connectivity index (χ1) is 9.93. The Hall–Kier alpha value is -0.540. The monoisotopic (exact) mass is 414 g/mol. The van der Waals surface area contributed by atoms with Crippen LogP contribution in [0.1, 0.15) is 6.42 Å². The van der Waals surface area contributed by atoms with E-state index in [2.05, 4.69) is 21.2 Å². The van der Waals surface area contributed by atoms with Gasteiger partial charge >= 0.3 is 0 Å². The molecule has 0 spiro atoms. The number of ether oxygens (including phenoxy) is 2. The van der Waals surface area contributed by atoms with Gasteiger partial charge in [0, 0.05) is 29.7 Å². The van der Waals surface area contributed by atoms with Crippen molar-refractivity contribution in [3.63, 3.8) is 0 Å². The molecular formula is C13H20BrClN2O4S. The molecule has 1 N–H and O–H groups in total. The Kier molecular flexibility index (Phi) is 6.94. The van der Waals surface area contributed by atoms with E-state index in [9.17, 15) is 8.42 Å². The summed E-state index contributed by atoms with van der Waals surface area (Å²) in [6.07, 6.45) is 0.806. The van der Waals surface area contributed by atoms with E-state index in [-0.39, 0.29) is 23.3 Å². The Morgan fingerprint density at radius 3 is 2.36 bits per heavy atom. The standard InChI is InChI=1S/C13H19BrN2O4S.ClH/c1-15-9-4-5-16(8-9)21(17,18)13-7-12(20-3)11(19-2)6-10(13)14;/h6-7,9,15H,4-5,8H2,1-3H3;1H. The van der Waals surface area contributed by atoms with Gasteiger partial charge in [-0.3, -0.25) is 0 Å². The van der Waals surface area contributed by atoms with Gasteiger partial charge < -0.3 is 14.8 Å². The molecule has 1 fully saturated rings. The zero-order valence-corrected chi connectivity index (χ0v) is 15.8. The predicted octanol–water partition coefficient (Wildman–Crippen LogP) is 1.87. The van der Waals surface area contributed by atoms with Gasteiger partial charge in [-0.25, -0.2) is 8.42 Å². The van der Waals surface area contributed by atoms with E-state index in [0.29, 0.717) is 29.1 Å². The van der Waals surface area contributed by atoms with Crippen molar-refractivity contribution in [3.05, 3.63) is 16.6 Å². The van der Waals surface area contributed by atoms with Crippen molar-refractivity contribution < 1.29 is 17.9 Å². The van der Waals surface area contributed by atoms with Crippen LogP contribution in [0.25, 0.3) is 0 Å². The topological polar surface area (TPSA) is 67.9 Å². The lowest BCUT2D eigenvalue weighted by Gasteiger charge is -2.19. The predicted molar refractivity (Wildman–Crippen MR) is 90.7 cm³/mol. The van der Waals surface area contributed by atoms with E-state index in [1.807, 2.05) is 7.05 Å². The Balaban J connectivity index is 0.00000242. The summed E-state index contributed by atoms with van der Waals surface area (Å²) in [5.41, 5.74) is 0. The van der Waals surface area contributed by atoms with Crippen LogP contribution >= 0.6 is 28.3 Å². The largest absolute Gasteiger partial charge is 0.493 e. The molecule has 0 saturated carbocycles. The zero-order valence-electron chi connectivity index (χ0n) is 12.6. The fourth-order valence-corrected chi connectivity index (χ4v) is 4.85. The lowest BCUT2D eigenvalue weighted by Crippen LogP contribution is -2.33. The number of likely N-dealkylation sites (N-methyl/N-ethyl adjacent to an activating group) is 1. The van der Waals surface area contributed by atoms with Gasteiger partial charge in [0.2, 0.25) is 10.0 Å². The average molecular weight is 416 g/mol. The number of methoxy groups -OCH3 is 2. The number of rotatable bonds is 5. The molecule has 2 rings (SSSR count). The van der Waals surface area contributed by atoms with Gasteiger partial charge in [0.1, 0.15) is 4.90 Å². The fourth-order valence-electron chi connectivity index (χ4n) is 2.35. The number of hydrogen-bond acceptors (Lipinski definition) is 5. The highest BCUT2D eigenvalue weighted by atomic mass is 79.9. The number of sulfonamides is 1. The lowest BCUT2D eigenvalue weighted by molar-refractivity contribution is 0.353. The summed E-state index contributed by atoms with van der Waals surface area (Å²) in [6.45, 7) is 0.980. The molecule has 6 nitrogen and oxygen atoms in total. The molecule has 1 aromatic carbocycles. The number of benzene rings is 1. The summed E-state index contributed by atoms with van der Waals surface area (Å²) in [7, 11) is 1.27. The van der Waals surface area contributed by atoms with E-state index < -0.39 is 10.0 Å². The van der Waals surface area contributed by atoms with Crippen LogP contribution in [0.2, 0.25) is 0 Å². The second kappa shape index (κ2) is 7.83. The highest BCUT2D eigenvalue weighted by Gasteiger charge is 2.33. The lowest BCUT2D eigenvalue weighted by atomic mass is 10.3. The van der Waals surface area contributed by atoms with Crippen LogP contribution in [0.4, 0.5) is 0 Å². The van der Waals surface area contributed by atoms with E-state index in [1.165, 1.54) is 24.6 Å². The minimum atomic E-state index is -3.56. The third-order valence-electron chi connectivity index (χ3n) is 3.62. The number of nitrogens with zero attached hydrogens (tertiary/aromatic N) is 1. The van der Waals surface area contributed by atoms with Crippen LogP contribution < -0.4 is 14.8 Å². The van der Waals surface area contributed by atoms with E-state index in [1.54, 1.807) is 6.07 Å². The van der Waals surface area contributed by atoms with Crippen molar-refractivity contribution in [2.24, 2.45) is 0 Å². The van der Waals surface area contributed by atoms with Crippen LogP contribution in [-0.2, 0) is 10.0 Å². The molecule has 0 amide bonds. The third kappa shape index (κ3) is 3.68. The SMILES string of the molecule is CNC1CCN(S(=O)(=O)c2cc(OC)c(OC)cc2Br)C1.Cl. The smallest absolute Gasteiger partial charge is 0.244 e. The molecule has 0 bridgehead atoms. The Morgan fingerprint density at radius 1 is 1.27 bits per heavy atom. The molecule has 1 aliphatic rings. The first-order valence-electron chi connectivity index (χ1n) is 6.53. The summed E-state index contributed by atoms with van der Waals surface area (Å²) < 4.78 is 37.8. The summed E-state index contributed by atoms with van der Waals surface area (Å²) in [6, 6.07) is 3.29.